The molecule has 1 aromatic rings. The number of nitrogens with zero attached hydrogens (tertiary/aromatic N) is 2. The first-order valence-electron chi connectivity index (χ1n) is 6.95. The van der Waals surface area contributed by atoms with Crippen LogP contribution >= 0.6 is 0 Å². The van der Waals surface area contributed by atoms with Gasteiger partial charge < -0.3 is 10.6 Å². The van der Waals surface area contributed by atoms with Gasteiger partial charge in [-0.25, -0.2) is 0 Å². The molecule has 0 aliphatic carbocycles. The normalized spacial score (nSPS) is 17.5. The van der Waals surface area contributed by atoms with Crippen molar-refractivity contribution in [2.75, 3.05) is 32.7 Å². The fourth-order valence-electron chi connectivity index (χ4n) is 2.45. The fourth-order valence-corrected chi connectivity index (χ4v) is 2.45. The number of rotatable bonds is 4. The number of hydrogen-bond acceptors (Lipinski definition) is 3. The van der Waals surface area contributed by atoms with Crippen LogP contribution in [0.3, 0.4) is 0 Å². The second-order valence-corrected chi connectivity index (χ2v) is 5.10. The first kappa shape index (κ1) is 14.6. The number of amides is 1. The van der Waals surface area contributed by atoms with Crippen molar-refractivity contribution >= 4 is 5.91 Å². The predicted octanol–water partition coefficient (Wildman–Crippen LogP) is 0.334. The van der Waals surface area contributed by atoms with Crippen molar-refractivity contribution in [3.63, 3.8) is 0 Å². The Morgan fingerprint density at radius 3 is 2.50 bits per heavy atom. The molecular weight excluding hydrogens is 250 g/mol. The molecule has 20 heavy (non-hydrogen) atoms. The number of benzene rings is 1. The zero-order valence-electron chi connectivity index (χ0n) is 11.7. The van der Waals surface area contributed by atoms with E-state index in [9.17, 15) is 4.79 Å². The summed E-state index contributed by atoms with van der Waals surface area (Å²) in [5.41, 5.74) is 7.13. The number of piperazine rings is 1. The van der Waals surface area contributed by atoms with Gasteiger partial charge in [0, 0.05) is 26.2 Å². The highest BCUT2D eigenvalue weighted by atomic mass is 16.2. The highest BCUT2D eigenvalue weighted by molar-refractivity contribution is 5.82. The minimum Gasteiger partial charge on any atom is -0.339 e. The van der Waals surface area contributed by atoms with E-state index in [4.69, 9.17) is 12.2 Å². The van der Waals surface area contributed by atoms with Crippen LogP contribution in [-0.2, 0) is 11.2 Å². The Labute approximate surface area is 120 Å². The van der Waals surface area contributed by atoms with Crippen LogP contribution < -0.4 is 5.73 Å². The lowest BCUT2D eigenvalue weighted by Gasteiger charge is -2.35. The van der Waals surface area contributed by atoms with Crippen molar-refractivity contribution in [3.05, 3.63) is 35.9 Å². The van der Waals surface area contributed by atoms with Crippen LogP contribution in [0.5, 0.6) is 0 Å². The SMILES string of the molecule is C#CCN1CCN(C(=O)C(N)Cc2ccccc2)CC1. The molecule has 1 atom stereocenters. The summed E-state index contributed by atoms with van der Waals surface area (Å²) in [5.74, 6) is 2.67. The average Bonchev–Trinajstić information content (AvgIpc) is 2.48. The first-order chi connectivity index (χ1) is 9.70. The van der Waals surface area contributed by atoms with Gasteiger partial charge in [0.15, 0.2) is 0 Å². The molecule has 0 saturated carbocycles. The molecule has 106 valence electrons. The molecule has 0 radical (unpaired) electrons. The van der Waals surface area contributed by atoms with Gasteiger partial charge in [-0.05, 0) is 12.0 Å². The molecule has 1 aliphatic rings. The van der Waals surface area contributed by atoms with Crippen LogP contribution in [0.15, 0.2) is 30.3 Å². The Morgan fingerprint density at radius 2 is 1.90 bits per heavy atom. The van der Waals surface area contributed by atoms with Gasteiger partial charge in [0.25, 0.3) is 0 Å². The molecule has 1 amide bonds. The summed E-state index contributed by atoms with van der Waals surface area (Å²) in [4.78, 5) is 16.3. The van der Waals surface area contributed by atoms with Gasteiger partial charge in [-0.15, -0.1) is 6.42 Å². The Kier molecular flexibility index (Phi) is 5.16. The summed E-state index contributed by atoms with van der Waals surface area (Å²) in [6.07, 6.45) is 5.88. The van der Waals surface area contributed by atoms with Gasteiger partial charge >= 0.3 is 0 Å². The summed E-state index contributed by atoms with van der Waals surface area (Å²) < 4.78 is 0. The summed E-state index contributed by atoms with van der Waals surface area (Å²) >= 11 is 0. The molecule has 1 heterocycles. The van der Waals surface area contributed by atoms with E-state index in [1.165, 1.54) is 0 Å². The standard InChI is InChI=1S/C16H21N3O/c1-2-8-18-9-11-19(12-10-18)16(20)15(17)13-14-6-4-3-5-7-14/h1,3-7,15H,8-13,17H2. The first-order valence-corrected chi connectivity index (χ1v) is 6.95. The largest absolute Gasteiger partial charge is 0.339 e. The second kappa shape index (κ2) is 7.09. The third-order valence-electron chi connectivity index (χ3n) is 3.61. The Hall–Kier alpha value is -1.83. The molecule has 2 rings (SSSR count). The molecule has 1 unspecified atom stereocenters. The lowest BCUT2D eigenvalue weighted by Crippen LogP contribution is -2.53. The number of nitrogens with two attached hydrogens (primary N) is 1. The summed E-state index contributed by atoms with van der Waals surface area (Å²) in [6.45, 7) is 3.73. The fraction of sp³-hybridized carbons (Fsp3) is 0.438. The predicted molar refractivity (Wildman–Crippen MR) is 80.0 cm³/mol. The van der Waals surface area contributed by atoms with Gasteiger partial charge in [-0.3, -0.25) is 9.69 Å². The van der Waals surface area contributed by atoms with Crippen molar-refractivity contribution in [2.24, 2.45) is 5.73 Å². The molecular formula is C16H21N3O. The topological polar surface area (TPSA) is 49.6 Å². The Balaban J connectivity index is 1.84. The smallest absolute Gasteiger partial charge is 0.239 e. The van der Waals surface area contributed by atoms with Crippen molar-refractivity contribution in [1.82, 2.24) is 9.80 Å². The second-order valence-electron chi connectivity index (χ2n) is 5.10. The molecule has 1 aromatic carbocycles. The number of carbonyl (C=O) groups excluding carboxylic acids is 1. The van der Waals surface area contributed by atoms with Crippen molar-refractivity contribution in [1.29, 1.82) is 0 Å². The van der Waals surface area contributed by atoms with E-state index in [2.05, 4.69) is 10.8 Å². The number of carbonyl (C=O) groups is 1. The maximum Gasteiger partial charge on any atom is 0.239 e. The van der Waals surface area contributed by atoms with E-state index in [-0.39, 0.29) is 5.91 Å². The van der Waals surface area contributed by atoms with Crippen molar-refractivity contribution in [3.8, 4) is 12.3 Å². The Morgan fingerprint density at radius 1 is 1.25 bits per heavy atom. The van der Waals surface area contributed by atoms with E-state index in [1.807, 2.05) is 35.2 Å². The molecule has 0 aromatic heterocycles. The number of terminal acetylenes is 1. The molecule has 1 aliphatic heterocycles. The van der Waals surface area contributed by atoms with Crippen LogP contribution in [0.1, 0.15) is 5.56 Å². The molecule has 2 N–H and O–H groups in total. The summed E-state index contributed by atoms with van der Waals surface area (Å²) in [5, 5.41) is 0. The van der Waals surface area contributed by atoms with Gasteiger partial charge in [-0.1, -0.05) is 36.3 Å². The molecule has 4 heteroatoms. The summed E-state index contributed by atoms with van der Waals surface area (Å²) in [6, 6.07) is 9.42. The quantitative estimate of drug-likeness (QED) is 0.803. The van der Waals surface area contributed by atoms with Crippen molar-refractivity contribution in [2.45, 2.75) is 12.5 Å². The minimum absolute atomic E-state index is 0.0363. The summed E-state index contributed by atoms with van der Waals surface area (Å²) in [7, 11) is 0. The lowest BCUT2D eigenvalue weighted by molar-refractivity contribution is -0.134. The highest BCUT2D eigenvalue weighted by Gasteiger charge is 2.24. The Bertz CT molecular complexity index is 472. The number of hydrogen-bond donors (Lipinski definition) is 1. The van der Waals surface area contributed by atoms with E-state index in [1.54, 1.807) is 0 Å². The third kappa shape index (κ3) is 3.83. The molecule has 0 bridgehead atoms. The van der Waals surface area contributed by atoms with Crippen LogP contribution in [0.25, 0.3) is 0 Å². The van der Waals surface area contributed by atoms with Crippen LogP contribution in [-0.4, -0.2) is 54.5 Å². The van der Waals surface area contributed by atoms with Crippen LogP contribution in [0.4, 0.5) is 0 Å². The van der Waals surface area contributed by atoms with Gasteiger partial charge in [0.05, 0.1) is 12.6 Å². The molecule has 0 spiro atoms. The van der Waals surface area contributed by atoms with Crippen molar-refractivity contribution < 1.29 is 4.79 Å². The van der Waals surface area contributed by atoms with Gasteiger partial charge in [0.1, 0.15) is 0 Å². The van der Waals surface area contributed by atoms with E-state index >= 15 is 0 Å². The maximum atomic E-state index is 12.3. The maximum absolute atomic E-state index is 12.3. The van der Waals surface area contributed by atoms with Crippen LogP contribution in [0.2, 0.25) is 0 Å². The zero-order valence-corrected chi connectivity index (χ0v) is 11.7. The van der Waals surface area contributed by atoms with E-state index in [0.29, 0.717) is 26.1 Å². The third-order valence-corrected chi connectivity index (χ3v) is 3.61. The molecule has 1 fully saturated rings. The highest BCUT2D eigenvalue weighted by Crippen LogP contribution is 2.07. The lowest BCUT2D eigenvalue weighted by atomic mass is 10.1. The van der Waals surface area contributed by atoms with E-state index in [0.717, 1.165) is 18.7 Å². The van der Waals surface area contributed by atoms with E-state index < -0.39 is 6.04 Å². The molecule has 4 nitrogen and oxygen atoms in total. The zero-order chi connectivity index (χ0) is 14.4. The minimum atomic E-state index is -0.461. The molecule has 1 saturated heterocycles. The van der Waals surface area contributed by atoms with Crippen LogP contribution in [0, 0.1) is 12.3 Å². The monoisotopic (exact) mass is 271 g/mol. The van der Waals surface area contributed by atoms with Gasteiger partial charge in [-0.2, -0.15) is 0 Å². The van der Waals surface area contributed by atoms with Gasteiger partial charge in [0.2, 0.25) is 5.91 Å². The average molecular weight is 271 g/mol.